The van der Waals surface area contributed by atoms with Crippen LogP contribution in [0.3, 0.4) is 0 Å². The third-order valence-electron chi connectivity index (χ3n) is 4.59. The standard InChI is InChI=1S/C22H24F4N2O2/c1-6-8-14-16(23)18(25)15(19(26)17(14)24)11-30-20(29)13(7-2)12-9-27-21(28-10-12)22(3,4)5/h6,9-10,13H,1,7-8,11H2,2-5H3. The molecule has 0 amide bonds. The molecule has 1 atom stereocenters. The minimum atomic E-state index is -1.59. The molecule has 0 aliphatic rings. The van der Waals surface area contributed by atoms with Crippen LogP contribution in [0.2, 0.25) is 0 Å². The fourth-order valence-electron chi connectivity index (χ4n) is 2.86. The predicted octanol–water partition coefficient (Wildman–Crippen LogP) is 5.30. The van der Waals surface area contributed by atoms with Crippen LogP contribution in [0.1, 0.15) is 62.5 Å². The highest BCUT2D eigenvalue weighted by Gasteiger charge is 2.27. The Morgan fingerprint density at radius 3 is 2.00 bits per heavy atom. The average Bonchev–Trinajstić information content (AvgIpc) is 2.70. The lowest BCUT2D eigenvalue weighted by Crippen LogP contribution is -2.20. The Kier molecular flexibility index (Phi) is 7.34. The van der Waals surface area contributed by atoms with Gasteiger partial charge in [-0.3, -0.25) is 4.79 Å². The van der Waals surface area contributed by atoms with E-state index in [2.05, 4.69) is 16.5 Å². The summed E-state index contributed by atoms with van der Waals surface area (Å²) in [5.74, 6) is -7.26. The van der Waals surface area contributed by atoms with Gasteiger partial charge in [-0.2, -0.15) is 0 Å². The number of halogens is 4. The minimum Gasteiger partial charge on any atom is -0.460 e. The number of aromatic nitrogens is 2. The summed E-state index contributed by atoms with van der Waals surface area (Å²) >= 11 is 0. The summed E-state index contributed by atoms with van der Waals surface area (Å²) in [6.07, 6.45) is 4.04. The van der Waals surface area contributed by atoms with Gasteiger partial charge in [-0.15, -0.1) is 6.58 Å². The van der Waals surface area contributed by atoms with E-state index in [-0.39, 0.29) is 11.8 Å². The molecule has 1 heterocycles. The summed E-state index contributed by atoms with van der Waals surface area (Å²) in [6.45, 7) is 9.89. The molecule has 1 aromatic carbocycles. The van der Waals surface area contributed by atoms with Gasteiger partial charge in [0.15, 0.2) is 23.3 Å². The lowest BCUT2D eigenvalue weighted by Gasteiger charge is -2.18. The van der Waals surface area contributed by atoms with Gasteiger partial charge in [0.25, 0.3) is 0 Å². The van der Waals surface area contributed by atoms with Gasteiger partial charge < -0.3 is 4.74 Å². The first-order chi connectivity index (χ1) is 14.0. The van der Waals surface area contributed by atoms with Crippen molar-refractivity contribution in [1.29, 1.82) is 0 Å². The zero-order valence-electron chi connectivity index (χ0n) is 17.4. The number of allylic oxidation sites excluding steroid dienone is 1. The van der Waals surface area contributed by atoms with Crippen molar-refractivity contribution in [3.8, 4) is 0 Å². The quantitative estimate of drug-likeness (QED) is 0.262. The lowest BCUT2D eigenvalue weighted by atomic mass is 9.95. The highest BCUT2D eigenvalue weighted by Crippen LogP contribution is 2.27. The second-order valence-corrected chi connectivity index (χ2v) is 7.86. The molecule has 4 nitrogen and oxygen atoms in total. The third-order valence-corrected chi connectivity index (χ3v) is 4.59. The van der Waals surface area contributed by atoms with Crippen LogP contribution >= 0.6 is 0 Å². The summed E-state index contributed by atoms with van der Waals surface area (Å²) in [7, 11) is 0. The van der Waals surface area contributed by atoms with E-state index < -0.39 is 52.9 Å². The van der Waals surface area contributed by atoms with Crippen LogP contribution in [-0.2, 0) is 28.0 Å². The van der Waals surface area contributed by atoms with Crippen molar-refractivity contribution in [2.45, 2.75) is 58.5 Å². The zero-order chi connectivity index (χ0) is 22.6. The van der Waals surface area contributed by atoms with Gasteiger partial charge in [-0.25, -0.2) is 27.5 Å². The minimum absolute atomic E-state index is 0.276. The van der Waals surface area contributed by atoms with Gasteiger partial charge >= 0.3 is 5.97 Å². The molecule has 0 aliphatic carbocycles. The summed E-state index contributed by atoms with van der Waals surface area (Å²) < 4.78 is 61.5. The van der Waals surface area contributed by atoms with E-state index in [0.29, 0.717) is 17.8 Å². The van der Waals surface area contributed by atoms with Gasteiger partial charge in [0.05, 0.1) is 11.5 Å². The van der Waals surface area contributed by atoms with Crippen molar-refractivity contribution >= 4 is 5.97 Å². The van der Waals surface area contributed by atoms with E-state index in [1.165, 1.54) is 12.4 Å². The van der Waals surface area contributed by atoms with Crippen LogP contribution in [0.5, 0.6) is 0 Å². The molecule has 30 heavy (non-hydrogen) atoms. The number of hydrogen-bond donors (Lipinski definition) is 0. The topological polar surface area (TPSA) is 52.1 Å². The molecular weight excluding hydrogens is 400 g/mol. The molecule has 0 spiro atoms. The number of esters is 1. The molecule has 0 saturated heterocycles. The number of ether oxygens (including phenoxy) is 1. The number of rotatable bonds is 7. The molecule has 162 valence electrons. The van der Waals surface area contributed by atoms with E-state index in [1.807, 2.05) is 20.8 Å². The lowest BCUT2D eigenvalue weighted by molar-refractivity contribution is -0.147. The fraction of sp³-hybridized carbons (Fsp3) is 0.409. The van der Waals surface area contributed by atoms with E-state index >= 15 is 0 Å². The molecule has 0 radical (unpaired) electrons. The van der Waals surface area contributed by atoms with Crippen molar-refractivity contribution in [2.75, 3.05) is 0 Å². The summed E-state index contributed by atoms with van der Waals surface area (Å²) in [4.78, 5) is 21.0. The van der Waals surface area contributed by atoms with Crippen molar-refractivity contribution in [2.24, 2.45) is 0 Å². The fourth-order valence-corrected chi connectivity index (χ4v) is 2.86. The van der Waals surface area contributed by atoms with Gasteiger partial charge in [-0.1, -0.05) is 33.8 Å². The molecule has 1 unspecified atom stereocenters. The van der Waals surface area contributed by atoms with E-state index in [9.17, 15) is 22.4 Å². The van der Waals surface area contributed by atoms with Crippen LogP contribution in [-0.4, -0.2) is 15.9 Å². The molecule has 0 fully saturated rings. The first-order valence-electron chi connectivity index (χ1n) is 9.46. The number of benzene rings is 1. The summed E-state index contributed by atoms with van der Waals surface area (Å²) in [5.41, 5.74) is -1.56. The molecule has 0 N–H and O–H groups in total. The summed E-state index contributed by atoms with van der Waals surface area (Å²) in [5, 5.41) is 0. The van der Waals surface area contributed by atoms with E-state index in [4.69, 9.17) is 4.74 Å². The number of carbonyl (C=O) groups excluding carboxylic acids is 1. The molecule has 8 heteroatoms. The molecule has 0 aliphatic heterocycles. The Bertz CT molecular complexity index is 909. The van der Waals surface area contributed by atoms with Gasteiger partial charge in [0, 0.05) is 28.9 Å². The largest absolute Gasteiger partial charge is 0.460 e. The van der Waals surface area contributed by atoms with Gasteiger partial charge in [0.1, 0.15) is 12.4 Å². The number of hydrogen-bond acceptors (Lipinski definition) is 4. The van der Waals surface area contributed by atoms with Crippen LogP contribution in [0.25, 0.3) is 0 Å². The SMILES string of the molecule is C=CCc1c(F)c(F)c(COC(=O)C(CC)c2cnc(C(C)(C)C)nc2)c(F)c1F. The van der Waals surface area contributed by atoms with Crippen molar-refractivity contribution in [3.05, 3.63) is 70.8 Å². The maximum Gasteiger partial charge on any atom is 0.313 e. The van der Waals surface area contributed by atoms with Gasteiger partial charge in [-0.05, 0) is 12.8 Å². The second kappa shape index (κ2) is 9.36. The Labute approximate surface area is 173 Å². The normalized spacial score (nSPS) is 12.5. The van der Waals surface area contributed by atoms with E-state index in [1.54, 1.807) is 6.92 Å². The van der Waals surface area contributed by atoms with Crippen LogP contribution in [0.4, 0.5) is 17.6 Å². The maximum atomic E-state index is 14.2. The Morgan fingerprint density at radius 2 is 1.57 bits per heavy atom. The van der Waals surface area contributed by atoms with E-state index in [0.717, 1.165) is 6.08 Å². The first-order valence-corrected chi connectivity index (χ1v) is 9.46. The molecular formula is C22H24F4N2O2. The Morgan fingerprint density at radius 1 is 1.07 bits per heavy atom. The number of nitrogens with zero attached hydrogens (tertiary/aromatic N) is 2. The molecule has 1 aromatic heterocycles. The highest BCUT2D eigenvalue weighted by molar-refractivity contribution is 5.77. The highest BCUT2D eigenvalue weighted by atomic mass is 19.2. The molecule has 0 saturated carbocycles. The maximum absolute atomic E-state index is 14.2. The zero-order valence-corrected chi connectivity index (χ0v) is 17.4. The molecule has 0 bridgehead atoms. The van der Waals surface area contributed by atoms with Crippen LogP contribution in [0.15, 0.2) is 25.0 Å². The van der Waals surface area contributed by atoms with Crippen molar-refractivity contribution in [3.63, 3.8) is 0 Å². The number of carbonyl (C=O) groups is 1. The summed E-state index contributed by atoms with van der Waals surface area (Å²) in [6, 6.07) is 0. The van der Waals surface area contributed by atoms with Crippen LogP contribution in [0, 0.1) is 23.3 Å². The predicted molar refractivity (Wildman–Crippen MR) is 104 cm³/mol. The third kappa shape index (κ3) is 4.86. The first kappa shape index (κ1) is 23.5. The Balaban J connectivity index is 2.22. The Hall–Kier alpha value is -2.77. The smallest absolute Gasteiger partial charge is 0.313 e. The van der Waals surface area contributed by atoms with Gasteiger partial charge in [0.2, 0.25) is 0 Å². The van der Waals surface area contributed by atoms with Crippen molar-refractivity contribution in [1.82, 2.24) is 9.97 Å². The molecule has 2 rings (SSSR count). The van der Waals surface area contributed by atoms with Crippen LogP contribution < -0.4 is 0 Å². The monoisotopic (exact) mass is 424 g/mol. The average molecular weight is 424 g/mol. The van der Waals surface area contributed by atoms with Crippen molar-refractivity contribution < 1.29 is 27.1 Å². The second-order valence-electron chi connectivity index (χ2n) is 7.86. The molecule has 2 aromatic rings.